The van der Waals surface area contributed by atoms with E-state index in [1.165, 1.54) is 34.6 Å². The lowest BCUT2D eigenvalue weighted by Crippen LogP contribution is -2.13. The predicted octanol–water partition coefficient (Wildman–Crippen LogP) is 3.78. The summed E-state index contributed by atoms with van der Waals surface area (Å²) in [6, 6.07) is 1.63. The van der Waals surface area contributed by atoms with E-state index in [0.717, 1.165) is 0 Å². The van der Waals surface area contributed by atoms with E-state index in [2.05, 4.69) is 4.98 Å². The number of hydrogen-bond acceptors (Lipinski definition) is 6. The largest absolute Gasteiger partial charge is 0.493 e. The summed E-state index contributed by atoms with van der Waals surface area (Å²) in [6.45, 7) is 0.755. The van der Waals surface area contributed by atoms with Crippen molar-refractivity contribution >= 4 is 17.4 Å². The molecule has 0 atom stereocenters. The van der Waals surface area contributed by atoms with Gasteiger partial charge in [-0.3, -0.25) is 4.79 Å². The number of ketones is 1. The van der Waals surface area contributed by atoms with E-state index < -0.39 is 12.5 Å². The highest BCUT2D eigenvalue weighted by Crippen LogP contribution is 2.43. The number of aromatic nitrogens is 1. The van der Waals surface area contributed by atoms with E-state index >= 15 is 0 Å². The van der Waals surface area contributed by atoms with Crippen molar-refractivity contribution in [1.29, 1.82) is 0 Å². The average molecular weight is 384 g/mol. The Labute approximate surface area is 155 Å². The van der Waals surface area contributed by atoms with Gasteiger partial charge >= 0.3 is 0 Å². The van der Waals surface area contributed by atoms with E-state index in [-0.39, 0.29) is 39.1 Å². The fraction of sp³-hybridized carbons (Fsp3) is 0.333. The Morgan fingerprint density at radius 3 is 2.23 bits per heavy atom. The number of benzene rings is 1. The summed E-state index contributed by atoms with van der Waals surface area (Å²) >= 11 is 6.02. The maximum atomic E-state index is 13.6. The lowest BCUT2D eigenvalue weighted by Gasteiger charge is -2.19. The van der Waals surface area contributed by atoms with Gasteiger partial charge in [0.05, 0.1) is 44.6 Å². The lowest BCUT2D eigenvalue weighted by atomic mass is 9.95. The quantitative estimate of drug-likeness (QED) is 0.678. The monoisotopic (exact) mass is 383 g/mol. The van der Waals surface area contributed by atoms with Crippen LogP contribution in [-0.2, 0) is 6.67 Å². The number of hydrogen-bond donors (Lipinski definition) is 0. The zero-order valence-corrected chi connectivity index (χ0v) is 15.9. The highest BCUT2D eigenvalue weighted by atomic mass is 35.5. The number of methoxy groups -OCH3 is 4. The van der Waals surface area contributed by atoms with Gasteiger partial charge in [-0.05, 0) is 18.6 Å². The molecule has 1 aromatic heterocycles. The molecule has 2 aromatic rings. The first kappa shape index (κ1) is 19.8. The van der Waals surface area contributed by atoms with Gasteiger partial charge in [0.25, 0.3) is 0 Å². The second kappa shape index (κ2) is 8.23. The maximum Gasteiger partial charge on any atom is 0.224 e. The Kier molecular flexibility index (Phi) is 6.26. The molecular formula is C18H19ClFNO5. The van der Waals surface area contributed by atoms with Crippen LogP contribution in [0, 0.1) is 6.92 Å². The fourth-order valence-electron chi connectivity index (χ4n) is 2.71. The molecule has 0 aliphatic carbocycles. The topological polar surface area (TPSA) is 66.9 Å². The smallest absolute Gasteiger partial charge is 0.224 e. The third kappa shape index (κ3) is 3.26. The van der Waals surface area contributed by atoms with Gasteiger partial charge in [-0.1, -0.05) is 11.6 Å². The van der Waals surface area contributed by atoms with Gasteiger partial charge in [-0.15, -0.1) is 0 Å². The first-order valence-corrected chi connectivity index (χ1v) is 7.94. The summed E-state index contributed by atoms with van der Waals surface area (Å²) in [4.78, 5) is 17.3. The first-order chi connectivity index (χ1) is 12.4. The van der Waals surface area contributed by atoms with E-state index in [4.69, 9.17) is 30.5 Å². The molecule has 0 aliphatic heterocycles. The summed E-state index contributed by atoms with van der Waals surface area (Å²) in [5, 5.41) is 0.0359. The number of pyridine rings is 1. The Bertz CT molecular complexity index is 841. The van der Waals surface area contributed by atoms with Gasteiger partial charge in [0, 0.05) is 11.8 Å². The lowest BCUT2D eigenvalue weighted by molar-refractivity contribution is 0.102. The van der Waals surface area contributed by atoms with Gasteiger partial charge in [0.15, 0.2) is 11.5 Å². The number of aryl methyl sites for hydroxylation is 1. The molecule has 0 bridgehead atoms. The van der Waals surface area contributed by atoms with E-state index in [9.17, 15) is 9.18 Å². The van der Waals surface area contributed by atoms with Crippen molar-refractivity contribution in [3.05, 3.63) is 39.5 Å². The third-order valence-electron chi connectivity index (χ3n) is 3.91. The number of rotatable bonds is 7. The Hall–Kier alpha value is -2.54. The van der Waals surface area contributed by atoms with E-state index in [0.29, 0.717) is 11.3 Å². The molecular weight excluding hydrogens is 365 g/mol. The molecule has 0 amide bonds. The zero-order chi connectivity index (χ0) is 19.4. The van der Waals surface area contributed by atoms with E-state index in [1.54, 1.807) is 13.0 Å². The highest BCUT2D eigenvalue weighted by molar-refractivity contribution is 6.32. The molecule has 0 saturated carbocycles. The van der Waals surface area contributed by atoms with Gasteiger partial charge in [0.1, 0.15) is 6.67 Å². The predicted molar refractivity (Wildman–Crippen MR) is 94.9 cm³/mol. The number of carbonyl (C=O) groups excluding carboxylic acids is 1. The first-order valence-electron chi connectivity index (χ1n) is 7.56. The van der Waals surface area contributed by atoms with Crippen molar-refractivity contribution in [1.82, 2.24) is 4.98 Å². The maximum absolute atomic E-state index is 13.6. The SMILES string of the molecule is COc1cc(C)c(C(=O)c2c(OC)ncc(Cl)c2CF)c(OC)c1OC. The second-order valence-corrected chi connectivity index (χ2v) is 5.68. The molecule has 26 heavy (non-hydrogen) atoms. The summed E-state index contributed by atoms with van der Waals surface area (Å²) in [5.74, 6) is 0.254. The zero-order valence-electron chi connectivity index (χ0n) is 15.1. The number of carbonyl (C=O) groups is 1. The third-order valence-corrected chi connectivity index (χ3v) is 4.23. The minimum atomic E-state index is -0.951. The van der Waals surface area contributed by atoms with Crippen LogP contribution in [0.2, 0.25) is 5.02 Å². The molecule has 0 unspecified atom stereocenters. The molecule has 0 N–H and O–H groups in total. The summed E-state index contributed by atoms with van der Waals surface area (Å²) in [7, 11) is 5.65. The summed E-state index contributed by atoms with van der Waals surface area (Å²) in [5.41, 5.74) is 0.675. The molecule has 140 valence electrons. The molecule has 0 aliphatic rings. The molecule has 1 aromatic carbocycles. The van der Waals surface area contributed by atoms with Crippen molar-refractivity contribution in [3.63, 3.8) is 0 Å². The molecule has 2 rings (SSSR count). The normalized spacial score (nSPS) is 10.4. The van der Waals surface area contributed by atoms with Crippen LogP contribution in [0.25, 0.3) is 0 Å². The van der Waals surface area contributed by atoms with Crippen LogP contribution in [0.15, 0.2) is 12.3 Å². The van der Waals surface area contributed by atoms with Crippen molar-refractivity contribution in [2.75, 3.05) is 28.4 Å². The molecule has 0 radical (unpaired) electrons. The highest BCUT2D eigenvalue weighted by Gasteiger charge is 2.29. The van der Waals surface area contributed by atoms with Gasteiger partial charge in [-0.25, -0.2) is 9.37 Å². The van der Waals surface area contributed by atoms with Crippen LogP contribution < -0.4 is 18.9 Å². The number of halogens is 2. The van der Waals surface area contributed by atoms with Crippen LogP contribution in [0.3, 0.4) is 0 Å². The summed E-state index contributed by atoms with van der Waals surface area (Å²) in [6.07, 6.45) is 1.24. The standard InChI is InChI=1S/C18H19ClFNO5/c1-9-6-12(23-2)16(24-3)17(25-4)13(9)15(22)14-10(7-20)11(19)8-21-18(14)26-5/h6,8H,7H2,1-5H3. The number of alkyl halides is 1. The minimum Gasteiger partial charge on any atom is -0.493 e. The number of nitrogens with zero attached hydrogens (tertiary/aromatic N) is 1. The van der Waals surface area contributed by atoms with Gasteiger partial charge in [-0.2, -0.15) is 0 Å². The van der Waals surface area contributed by atoms with E-state index in [1.807, 2.05) is 0 Å². The van der Waals surface area contributed by atoms with Crippen LogP contribution in [0.1, 0.15) is 27.0 Å². The van der Waals surface area contributed by atoms with Crippen LogP contribution in [0.4, 0.5) is 4.39 Å². The van der Waals surface area contributed by atoms with Crippen LogP contribution in [0.5, 0.6) is 23.1 Å². The number of ether oxygens (including phenoxy) is 4. The molecule has 0 saturated heterocycles. The van der Waals surface area contributed by atoms with Crippen molar-refractivity contribution in [3.8, 4) is 23.1 Å². The van der Waals surface area contributed by atoms with Gasteiger partial charge in [0.2, 0.25) is 17.4 Å². The Morgan fingerprint density at radius 2 is 1.73 bits per heavy atom. The molecule has 0 spiro atoms. The van der Waals surface area contributed by atoms with Crippen molar-refractivity contribution in [2.45, 2.75) is 13.6 Å². The van der Waals surface area contributed by atoms with Crippen LogP contribution in [-0.4, -0.2) is 39.2 Å². The Balaban J connectivity index is 2.82. The molecule has 1 heterocycles. The molecule has 0 fully saturated rings. The molecule has 6 nitrogen and oxygen atoms in total. The molecule has 8 heteroatoms. The fourth-order valence-corrected chi connectivity index (χ4v) is 2.91. The van der Waals surface area contributed by atoms with Crippen molar-refractivity contribution < 1.29 is 28.1 Å². The summed E-state index contributed by atoms with van der Waals surface area (Å²) < 4.78 is 34.7. The van der Waals surface area contributed by atoms with Gasteiger partial charge < -0.3 is 18.9 Å². The second-order valence-electron chi connectivity index (χ2n) is 5.27. The van der Waals surface area contributed by atoms with Crippen LogP contribution >= 0.6 is 11.6 Å². The van der Waals surface area contributed by atoms with Crippen molar-refractivity contribution in [2.24, 2.45) is 0 Å². The Morgan fingerprint density at radius 1 is 1.08 bits per heavy atom. The average Bonchev–Trinajstić information content (AvgIpc) is 2.65. The minimum absolute atomic E-state index is 0.000227.